The number of hydrogen-bond donors (Lipinski definition) is 2. The molecular weight excluding hydrogens is 354 g/mol. The lowest BCUT2D eigenvalue weighted by molar-refractivity contribution is -0.118. The summed E-state index contributed by atoms with van der Waals surface area (Å²) in [6.45, 7) is 4.45. The van der Waals surface area contributed by atoms with Crippen LogP contribution >= 0.6 is 0 Å². The zero-order chi connectivity index (χ0) is 19.8. The fourth-order valence-corrected chi connectivity index (χ4v) is 3.23. The van der Waals surface area contributed by atoms with Crippen LogP contribution in [0, 0.1) is 0 Å². The first kappa shape index (κ1) is 19.7. The molecule has 0 spiro atoms. The Labute approximate surface area is 165 Å². The van der Waals surface area contributed by atoms with E-state index in [1.807, 2.05) is 37.3 Å². The molecule has 0 bridgehead atoms. The van der Waals surface area contributed by atoms with Gasteiger partial charge in [-0.1, -0.05) is 25.1 Å². The summed E-state index contributed by atoms with van der Waals surface area (Å²) < 4.78 is 5.48. The number of amides is 2. The van der Waals surface area contributed by atoms with E-state index in [9.17, 15) is 9.59 Å². The van der Waals surface area contributed by atoms with E-state index in [0.29, 0.717) is 23.5 Å². The van der Waals surface area contributed by atoms with Gasteiger partial charge < -0.3 is 20.3 Å². The third-order valence-corrected chi connectivity index (χ3v) is 4.62. The summed E-state index contributed by atoms with van der Waals surface area (Å²) in [5.74, 6) is 0.264. The molecule has 0 aromatic heterocycles. The predicted molar refractivity (Wildman–Crippen MR) is 111 cm³/mol. The van der Waals surface area contributed by atoms with Crippen LogP contribution in [0.2, 0.25) is 0 Å². The van der Waals surface area contributed by atoms with Crippen LogP contribution in [0.4, 0.5) is 11.4 Å². The van der Waals surface area contributed by atoms with Crippen LogP contribution in [-0.2, 0) is 4.79 Å². The second-order valence-corrected chi connectivity index (χ2v) is 6.83. The number of nitrogens with zero attached hydrogens (tertiary/aromatic N) is 1. The maximum atomic E-state index is 12.7. The van der Waals surface area contributed by atoms with Gasteiger partial charge >= 0.3 is 0 Å². The van der Waals surface area contributed by atoms with Gasteiger partial charge in [-0.15, -0.1) is 0 Å². The van der Waals surface area contributed by atoms with Crippen molar-refractivity contribution in [1.82, 2.24) is 5.32 Å². The van der Waals surface area contributed by atoms with Gasteiger partial charge in [0.1, 0.15) is 5.75 Å². The van der Waals surface area contributed by atoms with Gasteiger partial charge in [-0.2, -0.15) is 0 Å². The number of benzene rings is 2. The lowest BCUT2D eigenvalue weighted by Crippen LogP contribution is -2.28. The van der Waals surface area contributed by atoms with Crippen molar-refractivity contribution in [2.24, 2.45) is 0 Å². The molecule has 0 aliphatic carbocycles. The van der Waals surface area contributed by atoms with E-state index in [2.05, 4.69) is 15.5 Å². The van der Waals surface area contributed by atoms with Gasteiger partial charge in [-0.3, -0.25) is 9.59 Å². The van der Waals surface area contributed by atoms with E-state index in [1.165, 1.54) is 0 Å². The minimum atomic E-state index is -0.266. The molecule has 2 aromatic carbocycles. The highest BCUT2D eigenvalue weighted by molar-refractivity contribution is 6.02. The number of rotatable bonds is 8. The number of ether oxygens (including phenoxy) is 1. The molecule has 2 N–H and O–H groups in total. The van der Waals surface area contributed by atoms with Crippen LogP contribution in [0.5, 0.6) is 5.75 Å². The van der Waals surface area contributed by atoms with Crippen LogP contribution in [0.3, 0.4) is 0 Å². The molecule has 3 rings (SSSR count). The maximum Gasteiger partial charge on any atom is 0.262 e. The first-order valence-electron chi connectivity index (χ1n) is 9.82. The summed E-state index contributed by atoms with van der Waals surface area (Å²) >= 11 is 0. The zero-order valence-electron chi connectivity index (χ0n) is 16.2. The van der Waals surface area contributed by atoms with Crippen molar-refractivity contribution in [3.05, 3.63) is 54.1 Å². The number of nitrogens with one attached hydrogen (secondary N) is 2. The van der Waals surface area contributed by atoms with Gasteiger partial charge in [0.25, 0.3) is 11.8 Å². The van der Waals surface area contributed by atoms with E-state index in [0.717, 1.165) is 38.0 Å². The lowest BCUT2D eigenvalue weighted by atomic mass is 10.1. The number of anilines is 2. The highest BCUT2D eigenvalue weighted by Gasteiger charge is 2.20. The lowest BCUT2D eigenvalue weighted by Gasteiger charge is -2.22. The molecule has 1 heterocycles. The Morgan fingerprint density at radius 1 is 1.07 bits per heavy atom. The highest BCUT2D eigenvalue weighted by atomic mass is 16.5. The second-order valence-electron chi connectivity index (χ2n) is 6.83. The Kier molecular flexibility index (Phi) is 6.89. The largest absolute Gasteiger partial charge is 0.484 e. The molecule has 2 aromatic rings. The van der Waals surface area contributed by atoms with Crippen LogP contribution in [0.1, 0.15) is 36.5 Å². The van der Waals surface area contributed by atoms with Crippen molar-refractivity contribution >= 4 is 23.2 Å². The monoisotopic (exact) mass is 381 g/mol. The highest BCUT2D eigenvalue weighted by Crippen LogP contribution is 2.27. The minimum absolute atomic E-state index is 0.0880. The summed E-state index contributed by atoms with van der Waals surface area (Å²) in [4.78, 5) is 27.1. The van der Waals surface area contributed by atoms with Gasteiger partial charge in [0.15, 0.2) is 6.61 Å². The number of carbonyl (C=O) groups excluding carboxylic acids is 2. The van der Waals surface area contributed by atoms with Crippen LogP contribution < -0.4 is 20.3 Å². The summed E-state index contributed by atoms with van der Waals surface area (Å²) in [5.41, 5.74) is 2.10. The van der Waals surface area contributed by atoms with E-state index in [1.54, 1.807) is 18.2 Å². The normalized spacial score (nSPS) is 13.2. The third kappa shape index (κ3) is 5.25. The molecule has 0 radical (unpaired) electrons. The molecule has 0 unspecified atom stereocenters. The van der Waals surface area contributed by atoms with Crippen molar-refractivity contribution in [3.63, 3.8) is 0 Å². The molecule has 0 saturated carbocycles. The molecule has 1 saturated heterocycles. The fraction of sp³-hybridized carbons (Fsp3) is 0.364. The molecule has 2 amide bonds. The van der Waals surface area contributed by atoms with E-state index in [-0.39, 0.29) is 18.4 Å². The Balaban J connectivity index is 1.70. The minimum Gasteiger partial charge on any atom is -0.484 e. The van der Waals surface area contributed by atoms with Crippen molar-refractivity contribution in [2.45, 2.75) is 26.2 Å². The molecule has 6 nitrogen and oxygen atoms in total. The predicted octanol–water partition coefficient (Wildman–Crippen LogP) is 3.44. The number of para-hydroxylation sites is 1. The van der Waals surface area contributed by atoms with Gasteiger partial charge in [-0.25, -0.2) is 0 Å². The van der Waals surface area contributed by atoms with Crippen molar-refractivity contribution < 1.29 is 14.3 Å². The molecule has 6 heteroatoms. The molecule has 0 atom stereocenters. The first-order chi connectivity index (χ1) is 13.7. The summed E-state index contributed by atoms with van der Waals surface area (Å²) in [7, 11) is 0. The van der Waals surface area contributed by atoms with Crippen LogP contribution in [0.25, 0.3) is 0 Å². The first-order valence-corrected chi connectivity index (χ1v) is 9.82. The Hall–Kier alpha value is -3.02. The van der Waals surface area contributed by atoms with E-state index >= 15 is 0 Å². The molecule has 1 aliphatic heterocycles. The van der Waals surface area contributed by atoms with Crippen molar-refractivity contribution in [1.29, 1.82) is 0 Å². The topological polar surface area (TPSA) is 70.7 Å². The summed E-state index contributed by atoms with van der Waals surface area (Å²) in [6, 6.07) is 14.7. The Morgan fingerprint density at radius 3 is 2.54 bits per heavy atom. The van der Waals surface area contributed by atoms with Gasteiger partial charge in [0, 0.05) is 31.0 Å². The quantitative estimate of drug-likeness (QED) is 0.735. The van der Waals surface area contributed by atoms with Gasteiger partial charge in [-0.05, 0) is 49.6 Å². The third-order valence-electron chi connectivity index (χ3n) is 4.62. The number of hydrogen-bond acceptors (Lipinski definition) is 4. The SMILES string of the molecule is CCCNC(=O)c1cc(NC(=O)COc2ccccc2)ccc1N1CCCC1. The van der Waals surface area contributed by atoms with E-state index in [4.69, 9.17) is 4.74 Å². The van der Waals surface area contributed by atoms with Crippen molar-refractivity contribution in [2.75, 3.05) is 36.5 Å². The number of carbonyl (C=O) groups is 2. The van der Waals surface area contributed by atoms with Crippen LogP contribution in [0.15, 0.2) is 48.5 Å². The standard InChI is InChI=1S/C22H27N3O3/c1-2-12-23-22(27)19-15-17(10-11-20(19)25-13-6-7-14-25)24-21(26)16-28-18-8-4-3-5-9-18/h3-5,8-11,15H,2,6-7,12-14,16H2,1H3,(H,23,27)(H,24,26). The second kappa shape index (κ2) is 9.78. The fourth-order valence-electron chi connectivity index (χ4n) is 3.23. The van der Waals surface area contributed by atoms with Crippen LogP contribution in [-0.4, -0.2) is 38.1 Å². The summed E-state index contributed by atoms with van der Waals surface area (Å²) in [5, 5.41) is 5.76. The average molecular weight is 381 g/mol. The van der Waals surface area contributed by atoms with Gasteiger partial charge in [0.05, 0.1) is 5.56 Å². The van der Waals surface area contributed by atoms with E-state index < -0.39 is 0 Å². The smallest absolute Gasteiger partial charge is 0.262 e. The Morgan fingerprint density at radius 2 is 1.82 bits per heavy atom. The zero-order valence-corrected chi connectivity index (χ0v) is 16.2. The molecule has 1 fully saturated rings. The molecule has 28 heavy (non-hydrogen) atoms. The van der Waals surface area contributed by atoms with Gasteiger partial charge in [0.2, 0.25) is 0 Å². The molecule has 1 aliphatic rings. The molecule has 148 valence electrons. The maximum absolute atomic E-state index is 12.7. The average Bonchev–Trinajstić information content (AvgIpc) is 3.26. The van der Waals surface area contributed by atoms with Crippen molar-refractivity contribution in [3.8, 4) is 5.75 Å². The summed E-state index contributed by atoms with van der Waals surface area (Å²) in [6.07, 6.45) is 3.13. The molecular formula is C22H27N3O3. The Bertz CT molecular complexity index is 802.